The smallest absolute Gasteiger partial charge is 0.0897 e. The number of nitrogens with one attached hydrogen (secondary N) is 1. The molecule has 0 heterocycles. The van der Waals surface area contributed by atoms with Crippen LogP contribution >= 0.6 is 0 Å². The van der Waals surface area contributed by atoms with Crippen LogP contribution in [0.2, 0.25) is 0 Å². The van der Waals surface area contributed by atoms with E-state index >= 15 is 0 Å². The highest BCUT2D eigenvalue weighted by Gasteiger charge is 2.00. The summed E-state index contributed by atoms with van der Waals surface area (Å²) in [4.78, 5) is 1.82. The quantitative estimate of drug-likeness (QED) is 0.341. The van der Waals surface area contributed by atoms with E-state index in [1.807, 2.05) is 19.0 Å². The van der Waals surface area contributed by atoms with Gasteiger partial charge in [0.05, 0.1) is 25.4 Å². The maximum absolute atomic E-state index is 8.74. The van der Waals surface area contributed by atoms with Crippen molar-refractivity contribution < 1.29 is 20.4 Å². The zero-order chi connectivity index (χ0) is 12.3. The standard InChI is InChI=1S/C5H13NO2.C4H11NO2/c1-6(2)3-5(8)4-7;1-5-2-4(7)3-6/h5,7-8H,3-4H2,1-2H3;4-7H,2-3H2,1H3. The van der Waals surface area contributed by atoms with Crippen molar-refractivity contribution in [2.75, 3.05) is 47.4 Å². The van der Waals surface area contributed by atoms with Gasteiger partial charge in [-0.3, -0.25) is 0 Å². The molecule has 15 heavy (non-hydrogen) atoms. The van der Waals surface area contributed by atoms with Crippen LogP contribution in [0.4, 0.5) is 0 Å². The van der Waals surface area contributed by atoms with E-state index < -0.39 is 12.2 Å². The SMILES string of the molecule is CN(C)CC(O)CO.CNCC(O)CO. The number of aliphatic hydroxyl groups is 4. The Morgan fingerprint density at radius 1 is 1.07 bits per heavy atom. The molecule has 6 heteroatoms. The van der Waals surface area contributed by atoms with E-state index in [1.165, 1.54) is 0 Å². The van der Waals surface area contributed by atoms with E-state index in [-0.39, 0.29) is 13.2 Å². The molecule has 0 aromatic carbocycles. The molecule has 0 fully saturated rings. The summed E-state index contributed by atoms with van der Waals surface area (Å²) in [6, 6.07) is 0. The molecule has 0 saturated heterocycles. The van der Waals surface area contributed by atoms with E-state index in [2.05, 4.69) is 5.32 Å². The largest absolute Gasteiger partial charge is 0.394 e. The Balaban J connectivity index is 0. The molecule has 0 aliphatic heterocycles. The van der Waals surface area contributed by atoms with Gasteiger partial charge in [0.15, 0.2) is 0 Å². The highest BCUT2D eigenvalue weighted by Crippen LogP contribution is 1.81. The predicted molar refractivity (Wildman–Crippen MR) is 58.7 cm³/mol. The van der Waals surface area contributed by atoms with Gasteiger partial charge in [-0.25, -0.2) is 0 Å². The summed E-state index contributed by atoms with van der Waals surface area (Å²) in [6.07, 6.45) is -1.20. The van der Waals surface area contributed by atoms with Gasteiger partial charge in [0.1, 0.15) is 0 Å². The highest BCUT2D eigenvalue weighted by atomic mass is 16.3. The number of hydrogen-bond acceptors (Lipinski definition) is 6. The van der Waals surface area contributed by atoms with Crippen molar-refractivity contribution in [3.8, 4) is 0 Å². The number of nitrogens with zero attached hydrogens (tertiary/aromatic N) is 1. The second-order valence-corrected chi connectivity index (χ2v) is 3.49. The molecule has 0 rings (SSSR count). The number of aliphatic hydroxyl groups excluding tert-OH is 4. The van der Waals surface area contributed by atoms with Crippen molar-refractivity contribution in [2.45, 2.75) is 12.2 Å². The van der Waals surface area contributed by atoms with Crippen LogP contribution in [-0.2, 0) is 0 Å². The maximum atomic E-state index is 8.74. The molecule has 0 saturated carbocycles. The van der Waals surface area contributed by atoms with Gasteiger partial charge in [0.25, 0.3) is 0 Å². The molecule has 94 valence electrons. The first-order valence-corrected chi connectivity index (χ1v) is 4.85. The van der Waals surface area contributed by atoms with E-state index in [4.69, 9.17) is 20.4 Å². The van der Waals surface area contributed by atoms with Gasteiger partial charge in [0, 0.05) is 13.1 Å². The Bertz CT molecular complexity index is 125. The molecule has 2 unspecified atom stereocenters. The predicted octanol–water partition coefficient (Wildman–Crippen LogP) is -2.54. The number of hydrogen-bond donors (Lipinski definition) is 5. The molecule has 0 radical (unpaired) electrons. The summed E-state index contributed by atoms with van der Waals surface area (Å²) < 4.78 is 0. The van der Waals surface area contributed by atoms with Crippen molar-refractivity contribution in [2.24, 2.45) is 0 Å². The third-order valence-electron chi connectivity index (χ3n) is 1.44. The fourth-order valence-corrected chi connectivity index (χ4v) is 0.779. The Kier molecular flexibility index (Phi) is 13.5. The van der Waals surface area contributed by atoms with Gasteiger partial charge in [0.2, 0.25) is 0 Å². The fraction of sp³-hybridized carbons (Fsp3) is 1.00. The van der Waals surface area contributed by atoms with Crippen molar-refractivity contribution in [3.63, 3.8) is 0 Å². The third-order valence-corrected chi connectivity index (χ3v) is 1.44. The normalized spacial score (nSPS) is 14.4. The molecular formula is C9H24N2O4. The van der Waals surface area contributed by atoms with Crippen LogP contribution in [0.15, 0.2) is 0 Å². The molecule has 0 bridgehead atoms. The molecule has 0 aliphatic carbocycles. The van der Waals surface area contributed by atoms with Gasteiger partial charge in [-0.05, 0) is 21.1 Å². The number of likely N-dealkylation sites (N-methyl/N-ethyl adjacent to an activating group) is 2. The summed E-state index contributed by atoms with van der Waals surface area (Å²) in [5.74, 6) is 0. The lowest BCUT2D eigenvalue weighted by molar-refractivity contribution is 0.0728. The average Bonchev–Trinajstić information content (AvgIpc) is 2.18. The van der Waals surface area contributed by atoms with E-state index in [0.717, 1.165) is 0 Å². The minimum atomic E-state index is -0.606. The Hall–Kier alpha value is -0.240. The molecule has 0 aromatic rings. The Morgan fingerprint density at radius 3 is 1.67 bits per heavy atom. The summed E-state index contributed by atoms with van der Waals surface area (Å²) in [7, 11) is 5.41. The van der Waals surface area contributed by atoms with Crippen molar-refractivity contribution in [1.29, 1.82) is 0 Å². The average molecular weight is 224 g/mol. The van der Waals surface area contributed by atoms with Crippen LogP contribution in [0.5, 0.6) is 0 Å². The van der Waals surface area contributed by atoms with Gasteiger partial charge >= 0.3 is 0 Å². The minimum Gasteiger partial charge on any atom is -0.394 e. The molecule has 5 N–H and O–H groups in total. The lowest BCUT2D eigenvalue weighted by Gasteiger charge is -2.12. The molecule has 0 amide bonds. The van der Waals surface area contributed by atoms with Crippen molar-refractivity contribution in [1.82, 2.24) is 10.2 Å². The van der Waals surface area contributed by atoms with Crippen molar-refractivity contribution >= 4 is 0 Å². The second kappa shape index (κ2) is 11.8. The first kappa shape index (κ1) is 17.2. The van der Waals surface area contributed by atoms with E-state index in [0.29, 0.717) is 13.1 Å². The Morgan fingerprint density at radius 2 is 1.53 bits per heavy atom. The summed E-state index contributed by atoms with van der Waals surface area (Å²) in [5.41, 5.74) is 0. The van der Waals surface area contributed by atoms with Crippen LogP contribution in [-0.4, -0.2) is 85.0 Å². The van der Waals surface area contributed by atoms with Gasteiger partial charge < -0.3 is 30.6 Å². The second-order valence-electron chi connectivity index (χ2n) is 3.49. The molecule has 6 nitrogen and oxygen atoms in total. The zero-order valence-electron chi connectivity index (χ0n) is 9.72. The topological polar surface area (TPSA) is 96.2 Å². The van der Waals surface area contributed by atoms with Gasteiger partial charge in [-0.1, -0.05) is 0 Å². The monoisotopic (exact) mass is 224 g/mol. The molecular weight excluding hydrogens is 200 g/mol. The summed E-state index contributed by atoms with van der Waals surface area (Å²) in [6.45, 7) is 0.659. The molecule has 2 atom stereocenters. The fourth-order valence-electron chi connectivity index (χ4n) is 0.779. The van der Waals surface area contributed by atoms with Crippen LogP contribution in [0, 0.1) is 0 Å². The lowest BCUT2D eigenvalue weighted by Crippen LogP contribution is -2.28. The highest BCUT2D eigenvalue weighted by molar-refractivity contribution is 4.54. The van der Waals surface area contributed by atoms with Crippen LogP contribution in [0.25, 0.3) is 0 Å². The molecule has 0 aliphatic rings. The first-order chi connectivity index (χ1) is 6.97. The van der Waals surface area contributed by atoms with E-state index in [1.54, 1.807) is 7.05 Å². The van der Waals surface area contributed by atoms with Gasteiger partial charge in [-0.2, -0.15) is 0 Å². The van der Waals surface area contributed by atoms with Crippen molar-refractivity contribution in [3.05, 3.63) is 0 Å². The Labute approximate surface area is 91.2 Å². The first-order valence-electron chi connectivity index (χ1n) is 4.85. The molecule has 0 spiro atoms. The van der Waals surface area contributed by atoms with Crippen LogP contribution < -0.4 is 5.32 Å². The summed E-state index contributed by atoms with van der Waals surface area (Å²) >= 11 is 0. The van der Waals surface area contributed by atoms with Crippen LogP contribution in [0.3, 0.4) is 0 Å². The van der Waals surface area contributed by atoms with E-state index in [9.17, 15) is 0 Å². The third kappa shape index (κ3) is 16.4. The summed E-state index contributed by atoms with van der Waals surface area (Å²) in [5, 5.41) is 36.5. The molecule has 0 aromatic heterocycles. The number of rotatable bonds is 6. The van der Waals surface area contributed by atoms with Crippen LogP contribution in [0.1, 0.15) is 0 Å². The lowest BCUT2D eigenvalue weighted by atomic mass is 10.4. The van der Waals surface area contributed by atoms with Gasteiger partial charge in [-0.15, -0.1) is 0 Å². The maximum Gasteiger partial charge on any atom is 0.0897 e. The minimum absolute atomic E-state index is 0.155. The zero-order valence-corrected chi connectivity index (χ0v) is 9.72.